The summed E-state index contributed by atoms with van der Waals surface area (Å²) in [6, 6.07) is 17.5. The molecule has 146 valence electrons. The lowest BCUT2D eigenvalue weighted by Gasteiger charge is -2.31. The van der Waals surface area contributed by atoms with Gasteiger partial charge in [0.1, 0.15) is 17.3 Å². The summed E-state index contributed by atoms with van der Waals surface area (Å²) >= 11 is 0. The van der Waals surface area contributed by atoms with Crippen LogP contribution >= 0.6 is 0 Å². The monoisotopic (exact) mass is 378 g/mol. The number of hydrogen-bond acceptors (Lipinski definition) is 5. The van der Waals surface area contributed by atoms with Crippen LogP contribution in [-0.4, -0.2) is 34.7 Å². The minimum absolute atomic E-state index is 0.258. The van der Waals surface area contributed by atoms with Gasteiger partial charge in [-0.1, -0.05) is 24.3 Å². The molecule has 1 aliphatic rings. The Bertz CT molecular complexity index is 907. The first-order chi connectivity index (χ1) is 13.7. The molecule has 1 atom stereocenters. The Kier molecular flexibility index (Phi) is 5.74. The van der Waals surface area contributed by atoms with Gasteiger partial charge in [0.15, 0.2) is 0 Å². The first-order valence-corrected chi connectivity index (χ1v) is 9.84. The van der Waals surface area contributed by atoms with E-state index in [2.05, 4.69) is 4.90 Å². The van der Waals surface area contributed by atoms with E-state index in [4.69, 9.17) is 14.1 Å². The minimum atomic E-state index is 0.258. The van der Waals surface area contributed by atoms with Gasteiger partial charge in [-0.15, -0.1) is 0 Å². The van der Waals surface area contributed by atoms with Crippen LogP contribution in [0.1, 0.15) is 24.3 Å². The standard InChI is InChI=1S/C23H26N2O3/c1-17-22(15-25-12-6-7-18(14-25)16-26)24-23(27-17)19-8-5-11-21(13-19)28-20-9-3-2-4-10-20/h2-5,8-11,13,18,26H,6-7,12,14-16H2,1H3/t18-/m1/s1. The fourth-order valence-corrected chi connectivity index (χ4v) is 3.67. The van der Waals surface area contributed by atoms with E-state index >= 15 is 0 Å². The zero-order chi connectivity index (χ0) is 19.3. The van der Waals surface area contributed by atoms with Crippen molar-refractivity contribution in [3.05, 3.63) is 66.1 Å². The van der Waals surface area contributed by atoms with E-state index in [0.717, 1.165) is 61.0 Å². The van der Waals surface area contributed by atoms with Crippen LogP contribution in [0.3, 0.4) is 0 Å². The summed E-state index contributed by atoms with van der Waals surface area (Å²) in [4.78, 5) is 7.10. The highest BCUT2D eigenvalue weighted by molar-refractivity contribution is 5.57. The van der Waals surface area contributed by atoms with Crippen LogP contribution in [0.4, 0.5) is 0 Å². The molecule has 5 heteroatoms. The lowest BCUT2D eigenvalue weighted by Crippen LogP contribution is -2.36. The molecule has 2 aromatic carbocycles. The molecule has 0 radical (unpaired) electrons. The minimum Gasteiger partial charge on any atom is -0.457 e. The summed E-state index contributed by atoms with van der Waals surface area (Å²) in [7, 11) is 0. The van der Waals surface area contributed by atoms with E-state index in [1.165, 1.54) is 0 Å². The van der Waals surface area contributed by atoms with Crippen molar-refractivity contribution >= 4 is 0 Å². The highest BCUT2D eigenvalue weighted by Crippen LogP contribution is 2.29. The van der Waals surface area contributed by atoms with Gasteiger partial charge in [0, 0.05) is 25.3 Å². The van der Waals surface area contributed by atoms with Crippen molar-refractivity contribution in [1.29, 1.82) is 0 Å². The molecule has 3 aromatic rings. The van der Waals surface area contributed by atoms with Gasteiger partial charge in [-0.05, 0) is 62.6 Å². The second-order valence-corrected chi connectivity index (χ2v) is 7.39. The number of aromatic nitrogens is 1. The number of likely N-dealkylation sites (tertiary alicyclic amines) is 1. The second-order valence-electron chi connectivity index (χ2n) is 7.39. The van der Waals surface area contributed by atoms with Crippen LogP contribution in [0.15, 0.2) is 59.0 Å². The Labute approximate surface area is 165 Å². The number of oxazole rings is 1. The molecular weight excluding hydrogens is 352 g/mol. The molecule has 1 fully saturated rings. The maximum atomic E-state index is 9.44. The van der Waals surface area contributed by atoms with Crippen LogP contribution < -0.4 is 4.74 Å². The van der Waals surface area contributed by atoms with Gasteiger partial charge < -0.3 is 14.3 Å². The Morgan fingerprint density at radius 2 is 1.96 bits per heavy atom. The van der Waals surface area contributed by atoms with Crippen molar-refractivity contribution in [1.82, 2.24) is 9.88 Å². The number of nitrogens with zero attached hydrogens (tertiary/aromatic N) is 2. The maximum absolute atomic E-state index is 9.44. The average molecular weight is 378 g/mol. The number of ether oxygens (including phenoxy) is 1. The summed E-state index contributed by atoms with van der Waals surface area (Å²) in [5.74, 6) is 3.37. The summed E-state index contributed by atoms with van der Waals surface area (Å²) in [6.07, 6.45) is 2.22. The van der Waals surface area contributed by atoms with E-state index < -0.39 is 0 Å². The van der Waals surface area contributed by atoms with Gasteiger partial charge in [0.05, 0.1) is 5.69 Å². The number of aliphatic hydroxyl groups excluding tert-OH is 1. The zero-order valence-corrected chi connectivity index (χ0v) is 16.2. The van der Waals surface area contributed by atoms with Crippen molar-refractivity contribution in [3.8, 4) is 23.0 Å². The lowest BCUT2D eigenvalue weighted by atomic mass is 9.99. The fourth-order valence-electron chi connectivity index (χ4n) is 3.67. The molecular formula is C23H26N2O3. The van der Waals surface area contributed by atoms with Gasteiger partial charge in [0.25, 0.3) is 0 Å². The third kappa shape index (κ3) is 4.43. The Hall–Kier alpha value is -2.63. The molecule has 2 heterocycles. The molecule has 0 saturated carbocycles. The van der Waals surface area contributed by atoms with E-state index in [1.54, 1.807) is 0 Å². The molecule has 0 unspecified atom stereocenters. The zero-order valence-electron chi connectivity index (χ0n) is 16.2. The van der Waals surface area contributed by atoms with E-state index in [1.807, 2.05) is 61.5 Å². The quantitative estimate of drug-likeness (QED) is 0.677. The first-order valence-electron chi connectivity index (χ1n) is 9.84. The summed E-state index contributed by atoms with van der Waals surface area (Å²) in [5, 5.41) is 9.44. The third-order valence-electron chi connectivity index (χ3n) is 5.19. The van der Waals surface area contributed by atoms with Crippen molar-refractivity contribution in [2.75, 3.05) is 19.7 Å². The summed E-state index contributed by atoms with van der Waals surface area (Å²) in [6.45, 7) is 4.93. The van der Waals surface area contributed by atoms with Gasteiger partial charge in [-0.25, -0.2) is 4.98 Å². The molecule has 4 rings (SSSR count). The van der Waals surface area contributed by atoms with Crippen molar-refractivity contribution in [3.63, 3.8) is 0 Å². The van der Waals surface area contributed by atoms with Gasteiger partial charge in [-0.3, -0.25) is 4.90 Å². The first kappa shape index (κ1) is 18.7. The maximum Gasteiger partial charge on any atom is 0.226 e. The smallest absolute Gasteiger partial charge is 0.226 e. The number of rotatable bonds is 6. The highest BCUT2D eigenvalue weighted by Gasteiger charge is 2.21. The molecule has 1 aromatic heterocycles. The molecule has 0 amide bonds. The number of hydrogen-bond donors (Lipinski definition) is 1. The molecule has 1 saturated heterocycles. The highest BCUT2D eigenvalue weighted by atomic mass is 16.5. The van der Waals surface area contributed by atoms with Crippen LogP contribution in [0, 0.1) is 12.8 Å². The van der Waals surface area contributed by atoms with Crippen molar-refractivity contribution in [2.24, 2.45) is 5.92 Å². The SMILES string of the molecule is Cc1oc(-c2cccc(Oc3ccccc3)c2)nc1CN1CCC[C@@H](CO)C1. The van der Waals surface area contributed by atoms with E-state index in [-0.39, 0.29) is 6.61 Å². The number of aryl methyl sites for hydroxylation is 1. The van der Waals surface area contributed by atoms with Gasteiger partial charge in [-0.2, -0.15) is 0 Å². The number of aliphatic hydroxyl groups is 1. The normalized spacial score (nSPS) is 17.6. The Morgan fingerprint density at radius 3 is 2.79 bits per heavy atom. The average Bonchev–Trinajstić information content (AvgIpc) is 3.09. The number of benzene rings is 2. The molecule has 1 aliphatic heterocycles. The summed E-state index contributed by atoms with van der Waals surface area (Å²) < 4.78 is 11.9. The van der Waals surface area contributed by atoms with Gasteiger partial charge in [0.2, 0.25) is 5.89 Å². The Balaban J connectivity index is 1.49. The molecule has 0 bridgehead atoms. The van der Waals surface area contributed by atoms with Crippen LogP contribution in [0.25, 0.3) is 11.5 Å². The molecule has 1 N–H and O–H groups in total. The van der Waals surface area contributed by atoms with Crippen molar-refractivity contribution in [2.45, 2.75) is 26.3 Å². The fraction of sp³-hybridized carbons (Fsp3) is 0.348. The second kappa shape index (κ2) is 8.59. The topological polar surface area (TPSA) is 58.7 Å². The molecule has 5 nitrogen and oxygen atoms in total. The summed E-state index contributed by atoms with van der Waals surface area (Å²) in [5.41, 5.74) is 1.86. The molecule has 28 heavy (non-hydrogen) atoms. The lowest BCUT2D eigenvalue weighted by molar-refractivity contribution is 0.115. The number of para-hydroxylation sites is 1. The van der Waals surface area contributed by atoms with Crippen LogP contribution in [0.5, 0.6) is 11.5 Å². The van der Waals surface area contributed by atoms with Crippen molar-refractivity contribution < 1.29 is 14.3 Å². The van der Waals surface area contributed by atoms with Gasteiger partial charge >= 0.3 is 0 Å². The number of piperidine rings is 1. The van der Waals surface area contributed by atoms with Crippen LogP contribution in [-0.2, 0) is 6.54 Å². The predicted octanol–water partition coefficient (Wildman–Crippen LogP) is 4.65. The molecule has 0 spiro atoms. The third-order valence-corrected chi connectivity index (χ3v) is 5.19. The Morgan fingerprint density at radius 1 is 1.14 bits per heavy atom. The largest absolute Gasteiger partial charge is 0.457 e. The van der Waals surface area contributed by atoms with E-state index in [9.17, 15) is 5.11 Å². The van der Waals surface area contributed by atoms with E-state index in [0.29, 0.717) is 11.8 Å². The molecule has 0 aliphatic carbocycles. The predicted molar refractivity (Wildman–Crippen MR) is 108 cm³/mol. The van der Waals surface area contributed by atoms with Crippen LogP contribution in [0.2, 0.25) is 0 Å².